The van der Waals surface area contributed by atoms with Gasteiger partial charge in [-0.1, -0.05) is 19.8 Å². The molecule has 1 aliphatic rings. The standard InChI is InChI=1S/C13H28N2O/c1-3-15(9-6-10-16-2)13-8-5-4-7-12(13)11-14/h12-13H,3-11,14H2,1-2H3. The maximum Gasteiger partial charge on any atom is 0.0474 e. The Kier molecular flexibility index (Phi) is 7.01. The van der Waals surface area contributed by atoms with Crippen molar-refractivity contribution in [1.29, 1.82) is 0 Å². The molecule has 0 heterocycles. The van der Waals surface area contributed by atoms with Crippen molar-refractivity contribution in [2.45, 2.75) is 45.1 Å². The molecule has 2 unspecified atom stereocenters. The molecule has 1 fully saturated rings. The third kappa shape index (κ3) is 4.04. The van der Waals surface area contributed by atoms with Crippen molar-refractivity contribution in [3.05, 3.63) is 0 Å². The monoisotopic (exact) mass is 228 g/mol. The van der Waals surface area contributed by atoms with Gasteiger partial charge in [0.2, 0.25) is 0 Å². The first-order valence-corrected chi connectivity index (χ1v) is 6.76. The molecule has 0 aromatic rings. The molecule has 2 atom stereocenters. The summed E-state index contributed by atoms with van der Waals surface area (Å²) in [5, 5.41) is 0. The molecule has 1 saturated carbocycles. The lowest BCUT2D eigenvalue weighted by Gasteiger charge is -2.39. The predicted octanol–water partition coefficient (Wildman–Crippen LogP) is 1.86. The number of ether oxygens (including phenoxy) is 1. The highest BCUT2D eigenvalue weighted by Crippen LogP contribution is 2.27. The Labute approximate surface area is 100 Å². The van der Waals surface area contributed by atoms with Gasteiger partial charge in [0.05, 0.1) is 0 Å². The van der Waals surface area contributed by atoms with Crippen LogP contribution in [0.2, 0.25) is 0 Å². The van der Waals surface area contributed by atoms with E-state index in [9.17, 15) is 0 Å². The summed E-state index contributed by atoms with van der Waals surface area (Å²) in [4.78, 5) is 2.61. The number of hydrogen-bond acceptors (Lipinski definition) is 3. The second-order valence-electron chi connectivity index (χ2n) is 4.82. The van der Waals surface area contributed by atoms with Crippen LogP contribution in [0, 0.1) is 5.92 Å². The molecule has 0 aromatic carbocycles. The zero-order chi connectivity index (χ0) is 11.8. The summed E-state index contributed by atoms with van der Waals surface area (Å²) in [6.07, 6.45) is 6.54. The van der Waals surface area contributed by atoms with Crippen LogP contribution in [0.15, 0.2) is 0 Å². The van der Waals surface area contributed by atoms with Crippen LogP contribution in [0.3, 0.4) is 0 Å². The van der Waals surface area contributed by atoms with Crippen molar-refractivity contribution >= 4 is 0 Å². The second kappa shape index (κ2) is 8.04. The number of nitrogens with two attached hydrogens (primary N) is 1. The van der Waals surface area contributed by atoms with Gasteiger partial charge in [-0.3, -0.25) is 0 Å². The average Bonchev–Trinajstić information content (AvgIpc) is 2.35. The fourth-order valence-corrected chi connectivity index (χ4v) is 2.91. The van der Waals surface area contributed by atoms with Crippen molar-refractivity contribution in [3.8, 4) is 0 Å². The topological polar surface area (TPSA) is 38.5 Å². The normalized spacial score (nSPS) is 26.2. The Morgan fingerprint density at radius 3 is 2.69 bits per heavy atom. The van der Waals surface area contributed by atoms with E-state index in [0.717, 1.165) is 44.6 Å². The van der Waals surface area contributed by atoms with Gasteiger partial charge in [-0.05, 0) is 38.3 Å². The third-order valence-corrected chi connectivity index (χ3v) is 3.84. The quantitative estimate of drug-likeness (QED) is 0.676. The molecule has 0 bridgehead atoms. The van der Waals surface area contributed by atoms with E-state index in [2.05, 4.69) is 11.8 Å². The summed E-state index contributed by atoms with van der Waals surface area (Å²) >= 11 is 0. The lowest BCUT2D eigenvalue weighted by Crippen LogP contribution is -2.45. The van der Waals surface area contributed by atoms with E-state index in [1.54, 1.807) is 7.11 Å². The summed E-state index contributed by atoms with van der Waals surface area (Å²) in [5.41, 5.74) is 5.89. The molecule has 0 radical (unpaired) electrons. The Bertz CT molecular complexity index is 175. The molecule has 16 heavy (non-hydrogen) atoms. The van der Waals surface area contributed by atoms with E-state index < -0.39 is 0 Å². The maximum atomic E-state index is 5.89. The van der Waals surface area contributed by atoms with E-state index in [4.69, 9.17) is 10.5 Å². The zero-order valence-electron chi connectivity index (χ0n) is 11.0. The van der Waals surface area contributed by atoms with Crippen molar-refractivity contribution in [2.75, 3.05) is 33.4 Å². The number of methoxy groups -OCH3 is 1. The largest absolute Gasteiger partial charge is 0.385 e. The molecule has 1 rings (SSSR count). The van der Waals surface area contributed by atoms with E-state index >= 15 is 0 Å². The van der Waals surface area contributed by atoms with Gasteiger partial charge >= 0.3 is 0 Å². The van der Waals surface area contributed by atoms with Crippen LogP contribution in [0.5, 0.6) is 0 Å². The van der Waals surface area contributed by atoms with E-state index in [1.807, 2.05) is 0 Å². The van der Waals surface area contributed by atoms with Crippen molar-refractivity contribution < 1.29 is 4.74 Å². The molecule has 2 N–H and O–H groups in total. The Morgan fingerprint density at radius 2 is 2.06 bits per heavy atom. The minimum atomic E-state index is 0.719. The van der Waals surface area contributed by atoms with Crippen LogP contribution in [0.4, 0.5) is 0 Å². The van der Waals surface area contributed by atoms with Crippen molar-refractivity contribution in [2.24, 2.45) is 11.7 Å². The first kappa shape index (κ1) is 13.9. The number of nitrogens with zero attached hydrogens (tertiary/aromatic N) is 1. The molecule has 0 saturated heterocycles. The van der Waals surface area contributed by atoms with E-state index in [1.165, 1.54) is 25.7 Å². The molecule has 0 aliphatic heterocycles. The Balaban J connectivity index is 2.41. The average molecular weight is 228 g/mol. The van der Waals surface area contributed by atoms with E-state index in [0.29, 0.717) is 0 Å². The molecule has 0 amide bonds. The van der Waals surface area contributed by atoms with Gasteiger partial charge in [0.15, 0.2) is 0 Å². The summed E-state index contributed by atoms with van der Waals surface area (Å²) in [5.74, 6) is 0.719. The summed E-state index contributed by atoms with van der Waals surface area (Å²) in [6, 6.07) is 0.723. The highest BCUT2D eigenvalue weighted by Gasteiger charge is 2.27. The van der Waals surface area contributed by atoms with Gasteiger partial charge in [-0.15, -0.1) is 0 Å². The summed E-state index contributed by atoms with van der Waals surface area (Å²) in [7, 11) is 1.78. The van der Waals surface area contributed by atoms with E-state index in [-0.39, 0.29) is 0 Å². The first-order valence-electron chi connectivity index (χ1n) is 6.76. The Morgan fingerprint density at radius 1 is 1.31 bits per heavy atom. The van der Waals surface area contributed by atoms with Gasteiger partial charge in [-0.25, -0.2) is 0 Å². The molecule has 1 aliphatic carbocycles. The highest BCUT2D eigenvalue weighted by molar-refractivity contribution is 4.83. The van der Waals surface area contributed by atoms with Crippen LogP contribution in [0.1, 0.15) is 39.0 Å². The van der Waals surface area contributed by atoms with Crippen LogP contribution in [0.25, 0.3) is 0 Å². The summed E-state index contributed by atoms with van der Waals surface area (Å²) < 4.78 is 5.13. The molecule has 0 aromatic heterocycles. The number of hydrogen-bond donors (Lipinski definition) is 1. The molecule has 3 heteroatoms. The van der Waals surface area contributed by atoms with Crippen LogP contribution >= 0.6 is 0 Å². The Hall–Kier alpha value is -0.120. The zero-order valence-corrected chi connectivity index (χ0v) is 11.0. The minimum Gasteiger partial charge on any atom is -0.385 e. The first-order chi connectivity index (χ1) is 7.83. The molecule has 0 spiro atoms. The fraction of sp³-hybridized carbons (Fsp3) is 1.00. The fourth-order valence-electron chi connectivity index (χ4n) is 2.91. The van der Waals surface area contributed by atoms with Crippen LogP contribution in [-0.2, 0) is 4.74 Å². The second-order valence-corrected chi connectivity index (χ2v) is 4.82. The number of rotatable bonds is 7. The SMILES string of the molecule is CCN(CCCOC)C1CCCCC1CN. The van der Waals surface area contributed by atoms with Gasteiger partial charge in [0, 0.05) is 26.3 Å². The van der Waals surface area contributed by atoms with Crippen LogP contribution < -0.4 is 5.73 Å². The van der Waals surface area contributed by atoms with Gasteiger partial charge < -0.3 is 15.4 Å². The van der Waals surface area contributed by atoms with Crippen molar-refractivity contribution in [3.63, 3.8) is 0 Å². The predicted molar refractivity (Wildman–Crippen MR) is 68.5 cm³/mol. The van der Waals surface area contributed by atoms with Crippen LogP contribution in [-0.4, -0.2) is 44.3 Å². The van der Waals surface area contributed by atoms with Gasteiger partial charge in [0.25, 0.3) is 0 Å². The van der Waals surface area contributed by atoms with Gasteiger partial charge in [-0.2, -0.15) is 0 Å². The third-order valence-electron chi connectivity index (χ3n) is 3.84. The van der Waals surface area contributed by atoms with Crippen molar-refractivity contribution in [1.82, 2.24) is 4.90 Å². The molecule has 3 nitrogen and oxygen atoms in total. The lowest BCUT2D eigenvalue weighted by atomic mass is 9.83. The smallest absolute Gasteiger partial charge is 0.0474 e. The molecular weight excluding hydrogens is 200 g/mol. The maximum absolute atomic E-state index is 5.89. The summed E-state index contributed by atoms with van der Waals surface area (Å²) in [6.45, 7) is 6.29. The molecular formula is C13H28N2O. The minimum absolute atomic E-state index is 0.719. The highest BCUT2D eigenvalue weighted by atomic mass is 16.5. The molecule has 96 valence electrons. The van der Waals surface area contributed by atoms with Gasteiger partial charge in [0.1, 0.15) is 0 Å². The lowest BCUT2D eigenvalue weighted by molar-refractivity contribution is 0.0976.